The Morgan fingerprint density at radius 1 is 1.44 bits per heavy atom. The van der Waals surface area contributed by atoms with Crippen LogP contribution in [-0.2, 0) is 6.54 Å². The Balaban J connectivity index is 2.29. The van der Waals surface area contributed by atoms with Crippen molar-refractivity contribution in [1.82, 2.24) is 10.6 Å². The van der Waals surface area contributed by atoms with Gasteiger partial charge in [-0.25, -0.2) is 4.79 Å². The van der Waals surface area contributed by atoms with Gasteiger partial charge in [0, 0.05) is 19.6 Å². The summed E-state index contributed by atoms with van der Waals surface area (Å²) in [6.45, 7) is 1.82. The third-order valence-electron chi connectivity index (χ3n) is 2.13. The summed E-state index contributed by atoms with van der Waals surface area (Å²) in [4.78, 5) is 10.4. The van der Waals surface area contributed by atoms with Crippen LogP contribution in [0.25, 0.3) is 0 Å². The van der Waals surface area contributed by atoms with Crippen LogP contribution in [0.3, 0.4) is 0 Å². The maximum atomic E-state index is 10.4. The molecule has 0 fully saturated rings. The molecule has 0 aromatic heterocycles. The molecule has 0 aliphatic rings. The summed E-state index contributed by atoms with van der Waals surface area (Å²) in [5.74, 6) is 0.672. The molecule has 0 aliphatic carbocycles. The molecule has 1 rings (SSSR count). The van der Waals surface area contributed by atoms with Crippen molar-refractivity contribution in [2.24, 2.45) is 5.73 Å². The number of nitrogens with one attached hydrogen (secondary N) is 2. The van der Waals surface area contributed by atoms with Crippen molar-refractivity contribution in [3.05, 3.63) is 29.8 Å². The zero-order valence-corrected chi connectivity index (χ0v) is 9.98. The van der Waals surface area contributed by atoms with Gasteiger partial charge in [0.1, 0.15) is 11.8 Å². The summed E-state index contributed by atoms with van der Waals surface area (Å²) >= 11 is 0. The average molecular weight is 248 g/mol. The molecule has 6 nitrogen and oxygen atoms in total. The number of hydrogen-bond acceptors (Lipinski definition) is 4. The number of rotatable bonds is 7. The molecule has 0 radical (unpaired) electrons. The first-order valence-electron chi connectivity index (χ1n) is 5.55. The Morgan fingerprint density at radius 2 is 2.28 bits per heavy atom. The van der Waals surface area contributed by atoms with E-state index in [0.29, 0.717) is 25.4 Å². The van der Waals surface area contributed by atoms with Gasteiger partial charge < -0.3 is 21.1 Å². The number of hydrogen-bond donors (Lipinski definition) is 3. The zero-order chi connectivity index (χ0) is 13.2. The standard InChI is InChI=1S/C12H16N4O2/c13-4-7-18-11-3-1-2-10(8-11)9-15-5-6-16-12(14)17/h1-3,8,15H,5-7,9H2,(H3,14,16,17). The van der Waals surface area contributed by atoms with Gasteiger partial charge in [-0.05, 0) is 17.7 Å². The molecule has 0 aliphatic heterocycles. The highest BCUT2D eigenvalue weighted by atomic mass is 16.5. The van der Waals surface area contributed by atoms with Crippen molar-refractivity contribution in [3.63, 3.8) is 0 Å². The average Bonchev–Trinajstić information content (AvgIpc) is 2.36. The minimum absolute atomic E-state index is 0.0411. The molecular weight excluding hydrogens is 232 g/mol. The van der Waals surface area contributed by atoms with Crippen LogP contribution >= 0.6 is 0 Å². The summed E-state index contributed by atoms with van der Waals surface area (Å²) < 4.78 is 5.19. The maximum absolute atomic E-state index is 10.4. The van der Waals surface area contributed by atoms with Gasteiger partial charge in [0.05, 0.1) is 0 Å². The molecule has 0 heterocycles. The van der Waals surface area contributed by atoms with Gasteiger partial charge in [-0.1, -0.05) is 12.1 Å². The Hall–Kier alpha value is -2.26. The van der Waals surface area contributed by atoms with Crippen LogP contribution in [0.4, 0.5) is 4.79 Å². The molecule has 0 saturated heterocycles. The Labute approximate surface area is 106 Å². The van der Waals surface area contributed by atoms with E-state index >= 15 is 0 Å². The molecule has 0 bridgehead atoms. The first-order valence-corrected chi connectivity index (χ1v) is 5.55. The highest BCUT2D eigenvalue weighted by Crippen LogP contribution is 2.12. The van der Waals surface area contributed by atoms with E-state index in [1.54, 1.807) is 6.07 Å². The number of benzene rings is 1. The lowest BCUT2D eigenvalue weighted by molar-refractivity contribution is 0.249. The zero-order valence-electron chi connectivity index (χ0n) is 9.98. The van der Waals surface area contributed by atoms with Gasteiger partial charge in [-0.3, -0.25) is 0 Å². The number of nitrogens with zero attached hydrogens (tertiary/aromatic N) is 1. The van der Waals surface area contributed by atoms with E-state index in [2.05, 4.69) is 10.6 Å². The molecule has 0 spiro atoms. The fourth-order valence-corrected chi connectivity index (χ4v) is 1.37. The Bertz CT molecular complexity index is 428. The number of ether oxygens (including phenoxy) is 1. The first kappa shape index (κ1) is 13.8. The molecule has 0 unspecified atom stereocenters. The first-order chi connectivity index (χ1) is 8.72. The smallest absolute Gasteiger partial charge is 0.312 e. The summed E-state index contributed by atoms with van der Waals surface area (Å²) in [6, 6.07) is 8.88. The van der Waals surface area contributed by atoms with Gasteiger partial charge in [0.25, 0.3) is 0 Å². The SMILES string of the molecule is N#CCOc1cccc(CNCCNC(N)=O)c1. The second kappa shape index (κ2) is 7.92. The molecule has 6 heteroatoms. The molecule has 1 aromatic carbocycles. The lowest BCUT2D eigenvalue weighted by Gasteiger charge is -2.07. The van der Waals surface area contributed by atoms with Crippen molar-refractivity contribution in [2.45, 2.75) is 6.54 Å². The van der Waals surface area contributed by atoms with Crippen LogP contribution in [0.5, 0.6) is 5.75 Å². The van der Waals surface area contributed by atoms with Crippen LogP contribution in [0.15, 0.2) is 24.3 Å². The maximum Gasteiger partial charge on any atom is 0.312 e. The van der Waals surface area contributed by atoms with E-state index in [9.17, 15) is 4.79 Å². The normalized spacial score (nSPS) is 9.50. The third kappa shape index (κ3) is 5.72. The van der Waals surface area contributed by atoms with E-state index in [1.807, 2.05) is 24.3 Å². The minimum Gasteiger partial charge on any atom is -0.479 e. The number of primary amides is 1. The van der Waals surface area contributed by atoms with Crippen molar-refractivity contribution < 1.29 is 9.53 Å². The molecule has 1 aromatic rings. The van der Waals surface area contributed by atoms with Gasteiger partial charge in [-0.2, -0.15) is 5.26 Å². The molecule has 96 valence electrons. The van der Waals surface area contributed by atoms with E-state index < -0.39 is 6.03 Å². The van der Waals surface area contributed by atoms with Gasteiger partial charge in [0.15, 0.2) is 6.61 Å². The van der Waals surface area contributed by atoms with E-state index in [-0.39, 0.29) is 6.61 Å². The highest BCUT2D eigenvalue weighted by Gasteiger charge is 1.97. The van der Waals surface area contributed by atoms with Crippen LogP contribution in [0.1, 0.15) is 5.56 Å². The fraction of sp³-hybridized carbons (Fsp3) is 0.333. The number of urea groups is 1. The molecule has 0 atom stereocenters. The van der Waals surface area contributed by atoms with E-state index in [0.717, 1.165) is 5.56 Å². The third-order valence-corrected chi connectivity index (χ3v) is 2.13. The van der Waals surface area contributed by atoms with E-state index in [1.165, 1.54) is 0 Å². The van der Waals surface area contributed by atoms with Crippen LogP contribution in [0, 0.1) is 11.3 Å². The number of nitriles is 1. The Kier molecular flexibility index (Phi) is 6.08. The lowest BCUT2D eigenvalue weighted by Crippen LogP contribution is -2.35. The largest absolute Gasteiger partial charge is 0.479 e. The van der Waals surface area contributed by atoms with Crippen LogP contribution < -0.4 is 21.1 Å². The van der Waals surface area contributed by atoms with Crippen molar-refractivity contribution in [3.8, 4) is 11.8 Å². The van der Waals surface area contributed by atoms with E-state index in [4.69, 9.17) is 15.7 Å². The second-order valence-corrected chi connectivity index (χ2v) is 3.56. The summed E-state index contributed by atoms with van der Waals surface area (Å²) in [7, 11) is 0. The highest BCUT2D eigenvalue weighted by molar-refractivity contribution is 5.71. The van der Waals surface area contributed by atoms with Crippen molar-refractivity contribution >= 4 is 6.03 Å². The van der Waals surface area contributed by atoms with Gasteiger partial charge >= 0.3 is 6.03 Å². The molecule has 4 N–H and O–H groups in total. The van der Waals surface area contributed by atoms with Crippen molar-refractivity contribution in [1.29, 1.82) is 5.26 Å². The van der Waals surface area contributed by atoms with Crippen LogP contribution in [0.2, 0.25) is 0 Å². The summed E-state index contributed by atoms with van der Waals surface area (Å²) in [6.07, 6.45) is 0. The topological polar surface area (TPSA) is 100 Å². The van der Waals surface area contributed by atoms with Crippen molar-refractivity contribution in [2.75, 3.05) is 19.7 Å². The molecule has 0 saturated carbocycles. The minimum atomic E-state index is -0.524. The number of amides is 2. The quantitative estimate of drug-likeness (QED) is 0.606. The second-order valence-electron chi connectivity index (χ2n) is 3.56. The fourth-order valence-electron chi connectivity index (χ4n) is 1.37. The Morgan fingerprint density at radius 3 is 3.00 bits per heavy atom. The predicted octanol–water partition coefficient (Wildman–Crippen LogP) is 0.347. The summed E-state index contributed by atoms with van der Waals surface area (Å²) in [5.41, 5.74) is 5.98. The molecular formula is C12H16N4O2. The number of nitrogens with two attached hydrogens (primary N) is 1. The predicted molar refractivity (Wildman–Crippen MR) is 66.8 cm³/mol. The van der Waals surface area contributed by atoms with Crippen LogP contribution in [-0.4, -0.2) is 25.7 Å². The number of carbonyl (C=O) groups excluding carboxylic acids is 1. The molecule has 2 amide bonds. The number of carbonyl (C=O) groups is 1. The monoisotopic (exact) mass is 248 g/mol. The van der Waals surface area contributed by atoms with Gasteiger partial charge in [0.2, 0.25) is 0 Å². The summed E-state index contributed by atoms with van der Waals surface area (Å²) in [5, 5.41) is 14.0. The molecule has 18 heavy (non-hydrogen) atoms. The lowest BCUT2D eigenvalue weighted by atomic mass is 10.2. The van der Waals surface area contributed by atoms with Gasteiger partial charge in [-0.15, -0.1) is 0 Å².